The first kappa shape index (κ1) is 22.7. The standard InChI is InChI=1S/C37H26S/c1-3-24(22-25(4-2)27-17-11-18-34-33-16-9-10-19-36(33)38-37(27)34)26-20-21-32-30-14-6-5-12-28(30)29-13-7-8-15-31(29)35(32)23-26/h3-23H,1H2,2H3/b24-22+,25-4+. The molecule has 0 nitrogen and oxygen atoms in total. The molecule has 0 unspecified atom stereocenters. The van der Waals surface area contributed by atoms with Gasteiger partial charge in [0.05, 0.1) is 0 Å². The molecule has 0 radical (unpaired) electrons. The second-order valence-corrected chi connectivity index (χ2v) is 10.7. The molecule has 0 aliphatic carbocycles. The van der Waals surface area contributed by atoms with Crippen LogP contribution in [0.5, 0.6) is 0 Å². The van der Waals surface area contributed by atoms with Crippen molar-refractivity contribution >= 4 is 75.0 Å². The predicted molar refractivity (Wildman–Crippen MR) is 170 cm³/mol. The molecule has 1 aromatic heterocycles. The van der Waals surface area contributed by atoms with Gasteiger partial charge in [-0.15, -0.1) is 11.3 Å². The first-order valence-electron chi connectivity index (χ1n) is 13.0. The number of allylic oxidation sites excluding steroid dienone is 5. The highest BCUT2D eigenvalue weighted by molar-refractivity contribution is 7.26. The van der Waals surface area contributed by atoms with Gasteiger partial charge in [-0.05, 0) is 79.7 Å². The van der Waals surface area contributed by atoms with E-state index in [1.54, 1.807) is 0 Å². The molecule has 0 atom stereocenters. The number of hydrogen-bond donors (Lipinski definition) is 0. The Labute approximate surface area is 226 Å². The Bertz CT molecular complexity index is 2060. The molecule has 0 aliphatic heterocycles. The van der Waals surface area contributed by atoms with Crippen molar-refractivity contribution in [1.29, 1.82) is 0 Å². The van der Waals surface area contributed by atoms with Gasteiger partial charge in [0.25, 0.3) is 0 Å². The summed E-state index contributed by atoms with van der Waals surface area (Å²) < 4.78 is 2.66. The monoisotopic (exact) mass is 502 g/mol. The fourth-order valence-corrected chi connectivity index (χ4v) is 7.04. The SMILES string of the molecule is C=C/C(=C\C(=C/C)c1cccc2c1sc1ccccc12)c1ccc2c3ccccc3c3ccccc3c2c1. The molecule has 0 aliphatic rings. The van der Waals surface area contributed by atoms with E-state index in [4.69, 9.17) is 0 Å². The fraction of sp³-hybridized carbons (Fsp3) is 0.0270. The van der Waals surface area contributed by atoms with E-state index in [1.807, 2.05) is 17.4 Å². The molecular formula is C37H26S. The lowest BCUT2D eigenvalue weighted by atomic mass is 9.91. The van der Waals surface area contributed by atoms with Crippen LogP contribution >= 0.6 is 11.3 Å². The molecule has 0 N–H and O–H groups in total. The van der Waals surface area contributed by atoms with Gasteiger partial charge in [-0.1, -0.05) is 116 Å². The number of hydrogen-bond acceptors (Lipinski definition) is 1. The molecule has 0 spiro atoms. The quantitative estimate of drug-likeness (QED) is 0.166. The minimum absolute atomic E-state index is 1.12. The van der Waals surface area contributed by atoms with E-state index in [0.717, 1.165) is 5.57 Å². The lowest BCUT2D eigenvalue weighted by Gasteiger charge is -2.13. The van der Waals surface area contributed by atoms with E-state index in [-0.39, 0.29) is 0 Å². The molecule has 0 fully saturated rings. The second kappa shape index (κ2) is 9.13. The molecule has 1 heterocycles. The molecule has 0 amide bonds. The van der Waals surface area contributed by atoms with E-state index in [0.29, 0.717) is 0 Å². The minimum Gasteiger partial charge on any atom is -0.135 e. The minimum atomic E-state index is 1.12. The van der Waals surface area contributed by atoms with Gasteiger partial charge < -0.3 is 0 Å². The smallest absolute Gasteiger partial charge is 0.0433 e. The highest BCUT2D eigenvalue weighted by Crippen LogP contribution is 2.40. The van der Waals surface area contributed by atoms with Crippen molar-refractivity contribution in [2.75, 3.05) is 0 Å². The van der Waals surface area contributed by atoms with Gasteiger partial charge >= 0.3 is 0 Å². The van der Waals surface area contributed by atoms with E-state index in [1.165, 1.54) is 69.2 Å². The van der Waals surface area contributed by atoms with Crippen molar-refractivity contribution in [2.45, 2.75) is 6.92 Å². The van der Waals surface area contributed by atoms with Crippen LogP contribution in [0.15, 0.2) is 134 Å². The van der Waals surface area contributed by atoms with E-state index < -0.39 is 0 Å². The summed E-state index contributed by atoms with van der Waals surface area (Å²) in [7, 11) is 0. The summed E-state index contributed by atoms with van der Waals surface area (Å²) in [5.74, 6) is 0. The van der Waals surface area contributed by atoms with Gasteiger partial charge in [-0.3, -0.25) is 0 Å². The fourth-order valence-electron chi connectivity index (χ4n) is 5.81. The third-order valence-corrected chi connectivity index (χ3v) is 8.85. The van der Waals surface area contributed by atoms with Gasteiger partial charge in [0.15, 0.2) is 0 Å². The number of benzene rings is 6. The molecule has 38 heavy (non-hydrogen) atoms. The van der Waals surface area contributed by atoms with Crippen LogP contribution in [0.4, 0.5) is 0 Å². The maximum Gasteiger partial charge on any atom is 0.0433 e. The third kappa shape index (κ3) is 3.51. The van der Waals surface area contributed by atoms with Crippen LogP contribution in [0, 0.1) is 0 Å². The first-order valence-corrected chi connectivity index (χ1v) is 13.8. The van der Waals surface area contributed by atoms with Crippen LogP contribution in [0.2, 0.25) is 0 Å². The summed E-state index contributed by atoms with van der Waals surface area (Å²) >= 11 is 1.87. The summed E-state index contributed by atoms with van der Waals surface area (Å²) in [4.78, 5) is 0. The summed E-state index contributed by atoms with van der Waals surface area (Å²) in [6, 6.07) is 39.7. The van der Waals surface area contributed by atoms with Gasteiger partial charge in [0.1, 0.15) is 0 Å². The molecule has 0 saturated heterocycles. The zero-order chi connectivity index (χ0) is 25.6. The molecule has 7 rings (SSSR count). The highest BCUT2D eigenvalue weighted by atomic mass is 32.1. The molecule has 1 heteroatoms. The maximum absolute atomic E-state index is 4.21. The van der Waals surface area contributed by atoms with Crippen molar-refractivity contribution in [3.63, 3.8) is 0 Å². The van der Waals surface area contributed by atoms with Crippen molar-refractivity contribution in [3.8, 4) is 0 Å². The molecule has 7 aromatic rings. The zero-order valence-corrected chi connectivity index (χ0v) is 22.1. The van der Waals surface area contributed by atoms with Crippen LogP contribution < -0.4 is 0 Å². The summed E-state index contributed by atoms with van der Waals surface area (Å²) in [6.07, 6.45) is 6.49. The topological polar surface area (TPSA) is 0 Å². The Morgan fingerprint density at radius 1 is 0.579 bits per heavy atom. The average Bonchev–Trinajstić information content (AvgIpc) is 3.37. The second-order valence-electron chi connectivity index (χ2n) is 9.68. The lowest BCUT2D eigenvalue weighted by Crippen LogP contribution is -1.88. The molecular weight excluding hydrogens is 476 g/mol. The van der Waals surface area contributed by atoms with Crippen molar-refractivity contribution < 1.29 is 0 Å². The Balaban J connectivity index is 1.42. The molecule has 6 aromatic carbocycles. The molecule has 0 bridgehead atoms. The number of thiophene rings is 1. The van der Waals surface area contributed by atoms with Crippen LogP contribution in [-0.2, 0) is 0 Å². The van der Waals surface area contributed by atoms with Crippen LogP contribution in [-0.4, -0.2) is 0 Å². The summed E-state index contributed by atoms with van der Waals surface area (Å²) in [6.45, 7) is 6.34. The Morgan fingerprint density at radius 2 is 1.16 bits per heavy atom. The maximum atomic E-state index is 4.21. The summed E-state index contributed by atoms with van der Waals surface area (Å²) in [5, 5.41) is 10.4. The van der Waals surface area contributed by atoms with E-state index in [9.17, 15) is 0 Å². The zero-order valence-electron chi connectivity index (χ0n) is 21.2. The third-order valence-electron chi connectivity index (χ3n) is 7.63. The Hall–Kier alpha value is -4.46. The Morgan fingerprint density at radius 3 is 1.82 bits per heavy atom. The van der Waals surface area contributed by atoms with Gasteiger partial charge in [0, 0.05) is 20.2 Å². The van der Waals surface area contributed by atoms with Crippen molar-refractivity contribution in [2.24, 2.45) is 0 Å². The normalized spacial score (nSPS) is 12.8. The molecule has 180 valence electrons. The predicted octanol–water partition coefficient (Wildman–Crippen LogP) is 11.2. The summed E-state index contributed by atoms with van der Waals surface area (Å²) in [5.41, 5.74) is 4.77. The average molecular weight is 503 g/mol. The van der Waals surface area contributed by atoms with Crippen LogP contribution in [0.3, 0.4) is 0 Å². The number of fused-ring (bicyclic) bond motifs is 9. The first-order chi connectivity index (χ1) is 18.8. The largest absolute Gasteiger partial charge is 0.135 e. The van der Waals surface area contributed by atoms with Crippen molar-refractivity contribution in [1.82, 2.24) is 0 Å². The highest BCUT2D eigenvalue weighted by Gasteiger charge is 2.13. The van der Waals surface area contributed by atoms with E-state index in [2.05, 4.69) is 135 Å². The van der Waals surface area contributed by atoms with E-state index >= 15 is 0 Å². The van der Waals surface area contributed by atoms with Gasteiger partial charge in [-0.25, -0.2) is 0 Å². The van der Waals surface area contributed by atoms with Gasteiger partial charge in [-0.2, -0.15) is 0 Å². The Kier molecular flexibility index (Phi) is 5.46. The molecule has 0 saturated carbocycles. The van der Waals surface area contributed by atoms with Crippen LogP contribution in [0.1, 0.15) is 18.1 Å². The van der Waals surface area contributed by atoms with Crippen LogP contribution in [0.25, 0.3) is 63.6 Å². The lowest BCUT2D eigenvalue weighted by molar-refractivity contribution is 1.65. The van der Waals surface area contributed by atoms with Gasteiger partial charge in [0.2, 0.25) is 0 Å². The number of rotatable bonds is 4. The van der Waals surface area contributed by atoms with Crippen molar-refractivity contribution in [3.05, 3.63) is 145 Å².